The van der Waals surface area contributed by atoms with E-state index in [0.29, 0.717) is 17.3 Å². The van der Waals surface area contributed by atoms with Crippen molar-refractivity contribution in [2.75, 3.05) is 12.3 Å². The number of ether oxygens (including phenoxy) is 1. The van der Waals surface area contributed by atoms with Crippen molar-refractivity contribution < 1.29 is 9.53 Å². The van der Waals surface area contributed by atoms with Crippen LogP contribution in [-0.2, 0) is 10.5 Å². The van der Waals surface area contributed by atoms with E-state index in [9.17, 15) is 4.79 Å². The highest BCUT2D eigenvalue weighted by molar-refractivity contribution is 7.98. The molecule has 0 heterocycles. The monoisotopic (exact) mass is 363 g/mol. The van der Waals surface area contributed by atoms with Crippen molar-refractivity contribution in [1.29, 1.82) is 0 Å². The van der Waals surface area contributed by atoms with Gasteiger partial charge in [-0.05, 0) is 43.7 Å². The normalized spacial score (nSPS) is 11.1. The number of hydrogen-bond acceptors (Lipinski definition) is 3. The summed E-state index contributed by atoms with van der Waals surface area (Å²) in [5, 5.41) is 3.57. The Kier molecular flexibility index (Phi) is 7.00. The average Bonchev–Trinajstić information content (AvgIpc) is 2.57. The molecule has 5 heteroatoms. The van der Waals surface area contributed by atoms with E-state index >= 15 is 0 Å². The molecule has 128 valence electrons. The van der Waals surface area contributed by atoms with E-state index in [4.69, 9.17) is 16.3 Å². The summed E-state index contributed by atoms with van der Waals surface area (Å²) < 4.78 is 5.77. The number of amides is 1. The van der Waals surface area contributed by atoms with E-state index in [1.165, 1.54) is 5.56 Å². The van der Waals surface area contributed by atoms with Crippen LogP contribution in [0.1, 0.15) is 19.4 Å². The second kappa shape index (κ2) is 9.00. The summed E-state index contributed by atoms with van der Waals surface area (Å²) in [5.41, 5.74) is 0.359. The van der Waals surface area contributed by atoms with Gasteiger partial charge in [-0.25, -0.2) is 0 Å². The zero-order valence-electron chi connectivity index (χ0n) is 13.9. The summed E-state index contributed by atoms with van der Waals surface area (Å²) in [6.45, 7) is 4.13. The van der Waals surface area contributed by atoms with Crippen molar-refractivity contribution in [3.63, 3.8) is 0 Å². The van der Waals surface area contributed by atoms with Crippen molar-refractivity contribution >= 4 is 29.3 Å². The molecule has 0 spiro atoms. The van der Waals surface area contributed by atoms with Crippen LogP contribution in [0.15, 0.2) is 54.6 Å². The van der Waals surface area contributed by atoms with Crippen LogP contribution in [0.2, 0.25) is 5.02 Å². The van der Waals surface area contributed by atoms with Crippen LogP contribution in [0, 0.1) is 0 Å². The van der Waals surface area contributed by atoms with Gasteiger partial charge in [-0.3, -0.25) is 4.79 Å². The Morgan fingerprint density at radius 1 is 1.12 bits per heavy atom. The van der Waals surface area contributed by atoms with Crippen LogP contribution in [0.3, 0.4) is 0 Å². The van der Waals surface area contributed by atoms with E-state index in [1.54, 1.807) is 49.9 Å². The summed E-state index contributed by atoms with van der Waals surface area (Å²) in [7, 11) is 0. The smallest absolute Gasteiger partial charge is 0.263 e. The maximum Gasteiger partial charge on any atom is 0.263 e. The lowest BCUT2D eigenvalue weighted by atomic mass is 10.1. The average molecular weight is 364 g/mol. The number of hydrogen-bond donors (Lipinski definition) is 1. The van der Waals surface area contributed by atoms with Crippen LogP contribution in [0.5, 0.6) is 5.75 Å². The second-order valence-electron chi connectivity index (χ2n) is 5.86. The summed E-state index contributed by atoms with van der Waals surface area (Å²) >= 11 is 7.65. The third-order valence-electron chi connectivity index (χ3n) is 3.38. The molecule has 2 aromatic rings. The van der Waals surface area contributed by atoms with Gasteiger partial charge in [-0.1, -0.05) is 41.9 Å². The third kappa shape index (κ3) is 6.10. The number of nitrogens with one attached hydrogen (secondary N) is 1. The Morgan fingerprint density at radius 2 is 1.79 bits per heavy atom. The van der Waals surface area contributed by atoms with E-state index in [1.807, 2.05) is 18.2 Å². The van der Waals surface area contributed by atoms with Crippen LogP contribution < -0.4 is 10.1 Å². The maximum absolute atomic E-state index is 12.3. The molecule has 0 aliphatic heterocycles. The van der Waals surface area contributed by atoms with Gasteiger partial charge in [0.25, 0.3) is 5.91 Å². The first-order valence-electron chi connectivity index (χ1n) is 7.82. The molecule has 2 rings (SSSR count). The summed E-state index contributed by atoms with van der Waals surface area (Å²) in [5.74, 6) is 2.30. The van der Waals surface area contributed by atoms with Crippen molar-refractivity contribution in [2.24, 2.45) is 0 Å². The molecule has 1 N–H and O–H groups in total. The molecule has 1 amide bonds. The molecule has 0 unspecified atom stereocenters. The molecule has 2 aromatic carbocycles. The maximum atomic E-state index is 12.3. The fraction of sp³-hybridized carbons (Fsp3) is 0.316. The van der Waals surface area contributed by atoms with E-state index < -0.39 is 5.60 Å². The standard InChI is InChI=1S/C19H22ClNO2S/c1-19(2,23-17-10-8-16(20)9-11-17)18(22)21-12-13-24-14-15-6-4-3-5-7-15/h3-11H,12-14H2,1-2H3,(H,21,22). The number of carbonyl (C=O) groups is 1. The lowest BCUT2D eigenvalue weighted by Crippen LogP contribution is -2.47. The van der Waals surface area contributed by atoms with Crippen LogP contribution in [0.25, 0.3) is 0 Å². The molecule has 0 saturated carbocycles. The van der Waals surface area contributed by atoms with Crippen molar-refractivity contribution in [3.8, 4) is 5.75 Å². The zero-order chi connectivity index (χ0) is 17.4. The molecule has 0 aliphatic carbocycles. The van der Waals surface area contributed by atoms with Crippen molar-refractivity contribution in [2.45, 2.75) is 25.2 Å². The largest absolute Gasteiger partial charge is 0.478 e. The Hall–Kier alpha value is -1.65. The third-order valence-corrected chi connectivity index (χ3v) is 4.66. The lowest BCUT2D eigenvalue weighted by Gasteiger charge is -2.25. The molecule has 0 atom stereocenters. The predicted molar refractivity (Wildman–Crippen MR) is 102 cm³/mol. The summed E-state index contributed by atoms with van der Waals surface area (Å²) in [6, 6.07) is 17.3. The molecule has 3 nitrogen and oxygen atoms in total. The molecule has 0 aliphatic rings. The first-order valence-corrected chi connectivity index (χ1v) is 9.35. The van der Waals surface area contributed by atoms with E-state index in [-0.39, 0.29) is 5.91 Å². The fourth-order valence-electron chi connectivity index (χ4n) is 2.06. The minimum atomic E-state index is -0.933. The summed E-state index contributed by atoms with van der Waals surface area (Å²) in [4.78, 5) is 12.3. The van der Waals surface area contributed by atoms with Gasteiger partial charge in [0.05, 0.1) is 0 Å². The number of rotatable bonds is 8. The minimum absolute atomic E-state index is 0.127. The van der Waals surface area contributed by atoms with Crippen molar-refractivity contribution in [3.05, 3.63) is 65.2 Å². The summed E-state index contributed by atoms with van der Waals surface area (Å²) in [6.07, 6.45) is 0. The predicted octanol–water partition coefficient (Wildman–Crippen LogP) is 4.55. The van der Waals surface area contributed by atoms with Crippen LogP contribution in [0.4, 0.5) is 0 Å². The van der Waals surface area contributed by atoms with Gasteiger partial charge in [0.1, 0.15) is 5.75 Å². The SMILES string of the molecule is CC(C)(Oc1ccc(Cl)cc1)C(=O)NCCSCc1ccccc1. The van der Waals surface area contributed by atoms with Gasteiger partial charge in [0, 0.05) is 23.1 Å². The first-order chi connectivity index (χ1) is 11.5. The van der Waals surface area contributed by atoms with E-state index in [0.717, 1.165) is 11.5 Å². The highest BCUT2D eigenvalue weighted by Gasteiger charge is 2.29. The molecule has 0 saturated heterocycles. The second-order valence-corrected chi connectivity index (χ2v) is 7.40. The molecule has 0 bridgehead atoms. The molecule has 0 fully saturated rings. The topological polar surface area (TPSA) is 38.3 Å². The number of thioether (sulfide) groups is 1. The lowest BCUT2D eigenvalue weighted by molar-refractivity contribution is -0.134. The molecular formula is C19H22ClNO2S. The Balaban J connectivity index is 1.71. The van der Waals surface area contributed by atoms with Gasteiger partial charge in [0.15, 0.2) is 5.60 Å². The highest BCUT2D eigenvalue weighted by Crippen LogP contribution is 2.21. The number of halogens is 1. The number of benzene rings is 2. The van der Waals surface area contributed by atoms with E-state index in [2.05, 4.69) is 17.4 Å². The Labute approximate surface area is 152 Å². The number of carbonyl (C=O) groups excluding carboxylic acids is 1. The zero-order valence-corrected chi connectivity index (χ0v) is 15.5. The van der Waals surface area contributed by atoms with Crippen molar-refractivity contribution in [1.82, 2.24) is 5.32 Å². The minimum Gasteiger partial charge on any atom is -0.478 e. The van der Waals surface area contributed by atoms with Gasteiger partial charge in [-0.15, -0.1) is 0 Å². The quantitative estimate of drug-likeness (QED) is 0.699. The fourth-order valence-corrected chi connectivity index (χ4v) is 3.00. The Bertz CT molecular complexity index is 644. The molecule has 0 radical (unpaired) electrons. The van der Waals surface area contributed by atoms with Gasteiger partial charge < -0.3 is 10.1 Å². The molecular weight excluding hydrogens is 342 g/mol. The van der Waals surface area contributed by atoms with Crippen LogP contribution >= 0.6 is 23.4 Å². The molecule has 24 heavy (non-hydrogen) atoms. The van der Waals surface area contributed by atoms with Gasteiger partial charge in [0.2, 0.25) is 0 Å². The molecule has 0 aromatic heterocycles. The van der Waals surface area contributed by atoms with Gasteiger partial charge >= 0.3 is 0 Å². The highest BCUT2D eigenvalue weighted by atomic mass is 35.5. The van der Waals surface area contributed by atoms with Crippen LogP contribution in [-0.4, -0.2) is 23.8 Å². The first kappa shape index (κ1) is 18.7. The Morgan fingerprint density at radius 3 is 2.46 bits per heavy atom. The van der Waals surface area contributed by atoms with Gasteiger partial charge in [-0.2, -0.15) is 11.8 Å².